The number of ether oxygens (including phenoxy) is 2. The third-order valence-corrected chi connectivity index (χ3v) is 12.9. The number of aliphatic hydroxyl groups is 2. The first-order valence-corrected chi connectivity index (χ1v) is 17.6. The number of aliphatic hydroxyl groups excluding tert-OH is 2. The van der Waals surface area contributed by atoms with Crippen LogP contribution in [0.15, 0.2) is 54.7 Å². The number of aromatic nitrogens is 3. The first kappa shape index (κ1) is 30.9. The lowest BCUT2D eigenvalue weighted by Gasteiger charge is -2.36. The SMILES string of the molecule is COc1ccc([Si](C)(C)[C@H]2[C@H](C)[C@H](CCc3ccc(NC(=O)[C@H](C)O)cc3)O[C@@H]2CCn2cc(CCO)nn2)cc1. The van der Waals surface area contributed by atoms with Gasteiger partial charge in [0.15, 0.2) is 0 Å². The van der Waals surface area contributed by atoms with Crippen molar-refractivity contribution in [1.82, 2.24) is 15.0 Å². The zero-order valence-electron chi connectivity index (χ0n) is 24.8. The zero-order chi connectivity index (χ0) is 29.6. The molecule has 1 aliphatic rings. The van der Waals surface area contributed by atoms with Gasteiger partial charge in [0.1, 0.15) is 11.9 Å². The molecule has 3 aromatic rings. The second-order valence-corrected chi connectivity index (χ2v) is 16.4. The van der Waals surface area contributed by atoms with Gasteiger partial charge in [-0.2, -0.15) is 0 Å². The predicted molar refractivity (Wildman–Crippen MR) is 162 cm³/mol. The molecule has 0 unspecified atom stereocenters. The Bertz CT molecular complexity index is 1260. The van der Waals surface area contributed by atoms with E-state index in [0.717, 1.165) is 30.7 Å². The molecular weight excluding hydrogens is 536 g/mol. The van der Waals surface area contributed by atoms with Crippen LogP contribution in [-0.4, -0.2) is 71.2 Å². The molecule has 5 atom stereocenters. The molecule has 0 bridgehead atoms. The summed E-state index contributed by atoms with van der Waals surface area (Å²) >= 11 is 0. The standard InChI is InChI=1S/C31H44N4O5Si/c1-21-28(15-8-23-6-9-24(10-7-23)32-31(38)22(2)37)40-29(16-18-35-20-25(17-19-36)33-34-35)30(21)41(4,5)27-13-11-26(39-3)12-14-27/h6-7,9-14,20-22,28-30,36-37H,8,15-19H2,1-5H3,(H,32,38)/t21-,22+,28+,29-,30+/m1/s1. The van der Waals surface area contributed by atoms with Crippen molar-refractivity contribution in [3.8, 4) is 5.75 Å². The van der Waals surface area contributed by atoms with E-state index in [1.165, 1.54) is 17.7 Å². The Labute approximate surface area is 243 Å². The molecule has 0 saturated carbocycles. The van der Waals surface area contributed by atoms with E-state index in [1.807, 2.05) is 35.1 Å². The first-order valence-electron chi connectivity index (χ1n) is 14.5. The summed E-state index contributed by atoms with van der Waals surface area (Å²) in [6, 6.07) is 16.4. The van der Waals surface area contributed by atoms with Crippen LogP contribution < -0.4 is 15.2 Å². The Morgan fingerprint density at radius 3 is 2.44 bits per heavy atom. The van der Waals surface area contributed by atoms with Crippen molar-refractivity contribution in [2.75, 3.05) is 19.0 Å². The molecule has 4 rings (SSSR count). The Kier molecular flexibility index (Phi) is 10.4. The molecule has 0 radical (unpaired) electrons. The molecule has 1 fully saturated rings. The van der Waals surface area contributed by atoms with E-state index in [4.69, 9.17) is 9.47 Å². The van der Waals surface area contributed by atoms with Gasteiger partial charge in [0.05, 0.1) is 33.1 Å². The van der Waals surface area contributed by atoms with Crippen molar-refractivity contribution in [3.63, 3.8) is 0 Å². The number of nitrogens with one attached hydrogen (secondary N) is 1. The summed E-state index contributed by atoms with van der Waals surface area (Å²) in [4.78, 5) is 11.8. The minimum absolute atomic E-state index is 0.0621. The number of anilines is 1. The van der Waals surface area contributed by atoms with Gasteiger partial charge in [-0.3, -0.25) is 9.48 Å². The topological polar surface area (TPSA) is 119 Å². The molecule has 1 amide bonds. The van der Waals surface area contributed by atoms with Crippen LogP contribution in [-0.2, 0) is 28.9 Å². The van der Waals surface area contributed by atoms with Gasteiger partial charge in [-0.15, -0.1) is 5.10 Å². The number of nitrogens with zero attached hydrogens (tertiary/aromatic N) is 3. The molecule has 3 N–H and O–H groups in total. The van der Waals surface area contributed by atoms with Gasteiger partial charge in [-0.1, -0.05) is 54.7 Å². The largest absolute Gasteiger partial charge is 0.497 e. The monoisotopic (exact) mass is 580 g/mol. The van der Waals surface area contributed by atoms with Crippen molar-refractivity contribution >= 4 is 24.9 Å². The normalized spacial score (nSPS) is 21.5. The van der Waals surface area contributed by atoms with Crippen molar-refractivity contribution in [2.45, 2.75) is 83.0 Å². The van der Waals surface area contributed by atoms with E-state index in [9.17, 15) is 15.0 Å². The van der Waals surface area contributed by atoms with Gasteiger partial charge in [-0.25, -0.2) is 0 Å². The van der Waals surface area contributed by atoms with Crippen LogP contribution in [0.4, 0.5) is 5.69 Å². The molecule has 2 heterocycles. The molecule has 0 spiro atoms. The van der Waals surface area contributed by atoms with E-state index in [2.05, 4.69) is 59.9 Å². The van der Waals surface area contributed by atoms with Crippen LogP contribution in [0.3, 0.4) is 0 Å². The number of methoxy groups -OCH3 is 1. The molecule has 2 aromatic carbocycles. The van der Waals surface area contributed by atoms with Crippen LogP contribution in [0.5, 0.6) is 5.75 Å². The zero-order valence-corrected chi connectivity index (χ0v) is 25.8. The van der Waals surface area contributed by atoms with Gasteiger partial charge in [0, 0.05) is 31.5 Å². The van der Waals surface area contributed by atoms with Crippen molar-refractivity contribution in [1.29, 1.82) is 0 Å². The number of amides is 1. The molecule has 1 aliphatic heterocycles. The van der Waals surface area contributed by atoms with Gasteiger partial charge < -0.3 is 25.0 Å². The number of aryl methyl sites for hydroxylation is 2. The summed E-state index contributed by atoms with van der Waals surface area (Å²) in [5.74, 6) is 0.834. The third kappa shape index (κ3) is 7.62. The van der Waals surface area contributed by atoms with Crippen LogP contribution in [0.2, 0.25) is 18.6 Å². The fourth-order valence-electron chi connectivity index (χ4n) is 6.16. The third-order valence-electron chi connectivity index (χ3n) is 8.49. The lowest BCUT2D eigenvalue weighted by molar-refractivity contribution is -0.123. The maximum atomic E-state index is 11.8. The van der Waals surface area contributed by atoms with E-state index >= 15 is 0 Å². The van der Waals surface area contributed by atoms with Crippen LogP contribution in [0, 0.1) is 5.92 Å². The van der Waals surface area contributed by atoms with Gasteiger partial charge in [-0.05, 0) is 67.5 Å². The lowest BCUT2D eigenvalue weighted by Crippen LogP contribution is -2.50. The second-order valence-electron chi connectivity index (χ2n) is 11.7. The van der Waals surface area contributed by atoms with Crippen LogP contribution in [0.25, 0.3) is 0 Å². The van der Waals surface area contributed by atoms with Crippen molar-refractivity contribution in [3.05, 3.63) is 66.0 Å². The average Bonchev–Trinajstić information content (AvgIpc) is 3.55. The van der Waals surface area contributed by atoms with E-state index in [0.29, 0.717) is 30.1 Å². The molecule has 222 valence electrons. The smallest absolute Gasteiger partial charge is 0.252 e. The number of carbonyl (C=O) groups excluding carboxylic acids is 1. The Balaban J connectivity index is 1.48. The fraction of sp³-hybridized carbons (Fsp3) is 0.516. The summed E-state index contributed by atoms with van der Waals surface area (Å²) < 4.78 is 14.1. The Morgan fingerprint density at radius 2 is 1.80 bits per heavy atom. The van der Waals surface area contributed by atoms with E-state index < -0.39 is 20.1 Å². The van der Waals surface area contributed by atoms with E-state index in [1.54, 1.807) is 7.11 Å². The van der Waals surface area contributed by atoms with Gasteiger partial charge in [0.25, 0.3) is 5.91 Å². The predicted octanol–water partition coefficient (Wildman–Crippen LogP) is 3.55. The molecule has 1 aromatic heterocycles. The number of benzene rings is 2. The molecule has 9 nitrogen and oxygen atoms in total. The fourth-order valence-corrected chi connectivity index (χ4v) is 10.3. The summed E-state index contributed by atoms with van der Waals surface area (Å²) in [6.45, 7) is 9.47. The lowest BCUT2D eigenvalue weighted by atomic mass is 9.95. The summed E-state index contributed by atoms with van der Waals surface area (Å²) in [5.41, 5.74) is 3.07. The van der Waals surface area contributed by atoms with Gasteiger partial charge in [0.2, 0.25) is 0 Å². The second kappa shape index (κ2) is 13.7. The maximum absolute atomic E-state index is 11.8. The summed E-state index contributed by atoms with van der Waals surface area (Å²) in [6.07, 6.45) is 4.23. The number of hydrogen-bond donors (Lipinski definition) is 3. The summed E-state index contributed by atoms with van der Waals surface area (Å²) in [7, 11) is -0.261. The first-order chi connectivity index (χ1) is 19.6. The van der Waals surface area contributed by atoms with Gasteiger partial charge >= 0.3 is 0 Å². The van der Waals surface area contributed by atoms with Crippen molar-refractivity contribution < 1.29 is 24.5 Å². The van der Waals surface area contributed by atoms with Crippen LogP contribution >= 0.6 is 0 Å². The quantitative estimate of drug-likeness (QED) is 0.265. The number of hydrogen-bond acceptors (Lipinski definition) is 7. The Hall–Kier alpha value is -3.05. The molecule has 1 saturated heterocycles. The maximum Gasteiger partial charge on any atom is 0.252 e. The van der Waals surface area contributed by atoms with E-state index in [-0.39, 0.29) is 18.8 Å². The molecule has 0 aliphatic carbocycles. The van der Waals surface area contributed by atoms with Crippen LogP contribution in [0.1, 0.15) is 37.9 Å². The minimum atomic E-state index is -1.96. The van der Waals surface area contributed by atoms with Crippen molar-refractivity contribution in [2.24, 2.45) is 5.92 Å². The average molecular weight is 581 g/mol. The highest BCUT2D eigenvalue weighted by molar-refractivity contribution is 6.91. The highest BCUT2D eigenvalue weighted by atomic mass is 28.3. The number of rotatable bonds is 13. The highest BCUT2D eigenvalue weighted by Crippen LogP contribution is 2.46. The number of carbonyl (C=O) groups is 1. The Morgan fingerprint density at radius 1 is 1.10 bits per heavy atom. The summed E-state index contributed by atoms with van der Waals surface area (Å²) in [5, 5.41) is 31.2. The molecular formula is C31H44N4O5Si. The minimum Gasteiger partial charge on any atom is -0.497 e. The highest BCUT2D eigenvalue weighted by Gasteiger charge is 2.50. The molecule has 41 heavy (non-hydrogen) atoms. The molecule has 10 heteroatoms.